The van der Waals surface area contributed by atoms with E-state index in [4.69, 9.17) is 0 Å². The summed E-state index contributed by atoms with van der Waals surface area (Å²) in [5, 5.41) is 0.786. The largest absolute Gasteiger partial charge is 0.310 e. The van der Waals surface area contributed by atoms with Crippen LogP contribution in [0.15, 0.2) is 40.3 Å². The van der Waals surface area contributed by atoms with Crippen LogP contribution in [0, 0.1) is 0 Å². The predicted molar refractivity (Wildman–Crippen MR) is 115 cm³/mol. The summed E-state index contributed by atoms with van der Waals surface area (Å²) in [6.45, 7) is 1.09. The van der Waals surface area contributed by atoms with Gasteiger partial charge < -0.3 is 4.90 Å². The molecule has 144 valence electrons. The van der Waals surface area contributed by atoms with Crippen LogP contribution in [0.4, 0.5) is 5.69 Å². The highest BCUT2D eigenvalue weighted by Crippen LogP contribution is 2.35. The first-order valence-electron chi connectivity index (χ1n) is 9.74. The van der Waals surface area contributed by atoms with Crippen molar-refractivity contribution >= 4 is 44.9 Å². The number of amides is 1. The van der Waals surface area contributed by atoms with Crippen molar-refractivity contribution in [1.29, 1.82) is 0 Å². The molecule has 0 atom stereocenters. The maximum Gasteiger partial charge on any atom is 0.262 e. The van der Waals surface area contributed by atoms with Crippen molar-refractivity contribution in [3.8, 4) is 0 Å². The van der Waals surface area contributed by atoms with Gasteiger partial charge in [0.1, 0.15) is 4.83 Å². The van der Waals surface area contributed by atoms with Gasteiger partial charge in [0.25, 0.3) is 5.56 Å². The minimum atomic E-state index is 0.00630. The number of aryl methyl sites for hydroxylation is 3. The van der Waals surface area contributed by atoms with Crippen LogP contribution in [-0.4, -0.2) is 27.8 Å². The molecule has 5 nitrogen and oxygen atoms in total. The molecule has 0 radical (unpaired) electrons. The molecule has 0 unspecified atom stereocenters. The lowest BCUT2D eigenvalue weighted by Gasteiger charge is -2.29. The van der Waals surface area contributed by atoms with Gasteiger partial charge in [-0.15, -0.1) is 23.1 Å². The lowest BCUT2D eigenvalue weighted by Crippen LogP contribution is -2.36. The Balaban J connectivity index is 1.39. The van der Waals surface area contributed by atoms with Gasteiger partial charge in [-0.1, -0.05) is 12.1 Å². The summed E-state index contributed by atoms with van der Waals surface area (Å²) in [6, 6.07) is 8.02. The van der Waals surface area contributed by atoms with Crippen molar-refractivity contribution in [3.63, 3.8) is 0 Å². The number of hydrogen-bond acceptors (Lipinski definition) is 5. The first kappa shape index (κ1) is 17.9. The van der Waals surface area contributed by atoms with E-state index in [2.05, 4.69) is 11.1 Å². The third-order valence-corrected chi connectivity index (χ3v) is 7.78. The van der Waals surface area contributed by atoms with E-state index < -0.39 is 0 Å². The number of anilines is 1. The molecule has 5 rings (SSSR count). The van der Waals surface area contributed by atoms with Gasteiger partial charge in [-0.05, 0) is 43.4 Å². The highest BCUT2D eigenvalue weighted by atomic mass is 32.2. The SMILES string of the molecule is O=C(CCn1cnc2sc3c(c2c1=O)CCCC3)N1CCSc2ccccc21. The van der Waals surface area contributed by atoms with Crippen LogP contribution in [0.1, 0.15) is 29.7 Å². The maximum atomic E-state index is 13.1. The van der Waals surface area contributed by atoms with Crippen LogP contribution in [-0.2, 0) is 24.2 Å². The Bertz CT molecular complexity index is 1120. The Hall–Kier alpha value is -2.12. The van der Waals surface area contributed by atoms with Crippen molar-refractivity contribution in [2.24, 2.45) is 0 Å². The molecule has 0 bridgehead atoms. The summed E-state index contributed by atoms with van der Waals surface area (Å²) in [6.07, 6.45) is 6.27. The van der Waals surface area contributed by atoms with Crippen molar-refractivity contribution in [1.82, 2.24) is 9.55 Å². The number of carbonyl (C=O) groups excluding carboxylic acids is 1. The van der Waals surface area contributed by atoms with Gasteiger partial charge in [-0.3, -0.25) is 14.2 Å². The summed E-state index contributed by atoms with van der Waals surface area (Å²) in [5.74, 6) is 0.962. The average Bonchev–Trinajstić information content (AvgIpc) is 3.12. The molecule has 0 fully saturated rings. The third-order valence-electron chi connectivity index (χ3n) is 5.54. The van der Waals surface area contributed by atoms with Gasteiger partial charge in [-0.2, -0.15) is 0 Å². The number of thioether (sulfide) groups is 1. The van der Waals surface area contributed by atoms with Crippen LogP contribution in [0.25, 0.3) is 10.2 Å². The molecular formula is C21H21N3O2S2. The van der Waals surface area contributed by atoms with Gasteiger partial charge in [0, 0.05) is 35.0 Å². The lowest BCUT2D eigenvalue weighted by atomic mass is 9.97. The second-order valence-electron chi connectivity index (χ2n) is 7.25. The van der Waals surface area contributed by atoms with Gasteiger partial charge in [0.15, 0.2) is 0 Å². The number of aromatic nitrogens is 2. The van der Waals surface area contributed by atoms with Crippen LogP contribution in [0.5, 0.6) is 0 Å². The minimum Gasteiger partial charge on any atom is -0.310 e. The number of rotatable bonds is 3. The van der Waals surface area contributed by atoms with Crippen LogP contribution < -0.4 is 10.5 Å². The summed E-state index contributed by atoms with van der Waals surface area (Å²) < 4.78 is 1.62. The quantitative estimate of drug-likeness (QED) is 0.657. The topological polar surface area (TPSA) is 55.2 Å². The zero-order valence-electron chi connectivity index (χ0n) is 15.5. The van der Waals surface area contributed by atoms with E-state index in [9.17, 15) is 9.59 Å². The molecule has 7 heteroatoms. The highest BCUT2D eigenvalue weighted by Gasteiger charge is 2.23. The van der Waals surface area contributed by atoms with E-state index in [0.29, 0.717) is 19.5 Å². The summed E-state index contributed by atoms with van der Waals surface area (Å²) in [4.78, 5) is 35.6. The van der Waals surface area contributed by atoms with E-state index in [-0.39, 0.29) is 11.5 Å². The molecular weight excluding hydrogens is 390 g/mol. The molecule has 1 amide bonds. The molecule has 0 spiro atoms. The molecule has 3 heterocycles. The number of thiophene rings is 1. The smallest absolute Gasteiger partial charge is 0.262 e. The lowest BCUT2D eigenvalue weighted by molar-refractivity contribution is -0.118. The summed E-state index contributed by atoms with van der Waals surface area (Å²) in [7, 11) is 0. The zero-order valence-corrected chi connectivity index (χ0v) is 17.2. The molecule has 1 aliphatic heterocycles. The molecule has 0 saturated carbocycles. The fraction of sp³-hybridized carbons (Fsp3) is 0.381. The first-order chi connectivity index (χ1) is 13.7. The van der Waals surface area contributed by atoms with Crippen molar-refractivity contribution in [2.75, 3.05) is 17.2 Å². The monoisotopic (exact) mass is 411 g/mol. The molecule has 1 aliphatic carbocycles. The minimum absolute atomic E-state index is 0.00630. The predicted octanol–water partition coefficient (Wildman–Crippen LogP) is 3.87. The molecule has 2 aliphatic rings. The zero-order chi connectivity index (χ0) is 19.1. The van der Waals surface area contributed by atoms with Crippen LogP contribution >= 0.6 is 23.1 Å². The normalized spacial score (nSPS) is 16.1. The Kier molecular flexibility index (Phi) is 4.72. The third kappa shape index (κ3) is 3.06. The van der Waals surface area contributed by atoms with Gasteiger partial charge in [-0.25, -0.2) is 4.98 Å². The number of hydrogen-bond donors (Lipinski definition) is 0. The van der Waals surface area contributed by atoms with Gasteiger partial charge in [0.05, 0.1) is 17.4 Å². The first-order valence-corrected chi connectivity index (χ1v) is 11.5. The van der Waals surface area contributed by atoms with E-state index >= 15 is 0 Å². The molecule has 0 N–H and O–H groups in total. The standard InChI is InChI=1S/C21H21N3O2S2/c25-18(24-11-12-27-17-8-4-2-6-15(17)24)9-10-23-13-22-20-19(21(23)26)14-5-1-3-7-16(14)28-20/h2,4,6,8,13H,1,3,5,7,9-12H2. The highest BCUT2D eigenvalue weighted by molar-refractivity contribution is 7.99. The van der Waals surface area contributed by atoms with E-state index in [1.807, 2.05) is 23.1 Å². The number of para-hydroxylation sites is 1. The molecule has 0 saturated heterocycles. The van der Waals surface area contributed by atoms with Crippen molar-refractivity contribution < 1.29 is 4.79 Å². The fourth-order valence-corrected chi connectivity index (χ4v) is 6.33. The second kappa shape index (κ2) is 7.37. The van der Waals surface area contributed by atoms with Crippen molar-refractivity contribution in [2.45, 2.75) is 43.5 Å². The van der Waals surface area contributed by atoms with E-state index in [1.165, 1.54) is 16.9 Å². The Morgan fingerprint density at radius 3 is 2.96 bits per heavy atom. The second-order valence-corrected chi connectivity index (χ2v) is 9.47. The fourth-order valence-electron chi connectivity index (χ4n) is 4.12. The Morgan fingerprint density at radius 2 is 2.04 bits per heavy atom. The summed E-state index contributed by atoms with van der Waals surface area (Å²) >= 11 is 3.44. The Labute approximate surface area is 171 Å². The van der Waals surface area contributed by atoms with Gasteiger partial charge >= 0.3 is 0 Å². The van der Waals surface area contributed by atoms with E-state index in [0.717, 1.165) is 45.8 Å². The number of carbonyl (C=O) groups is 1. The average molecular weight is 412 g/mol. The number of fused-ring (bicyclic) bond motifs is 4. The number of nitrogens with zero attached hydrogens (tertiary/aromatic N) is 3. The summed E-state index contributed by atoms with van der Waals surface area (Å²) in [5.41, 5.74) is 2.19. The molecule has 2 aromatic heterocycles. The van der Waals surface area contributed by atoms with E-state index in [1.54, 1.807) is 34.0 Å². The molecule has 28 heavy (non-hydrogen) atoms. The van der Waals surface area contributed by atoms with Crippen LogP contribution in [0.2, 0.25) is 0 Å². The maximum absolute atomic E-state index is 13.1. The van der Waals surface area contributed by atoms with Crippen molar-refractivity contribution in [3.05, 3.63) is 51.4 Å². The molecule has 3 aromatic rings. The van der Waals surface area contributed by atoms with Crippen LogP contribution in [0.3, 0.4) is 0 Å². The Morgan fingerprint density at radius 1 is 1.18 bits per heavy atom. The molecule has 1 aromatic carbocycles. The van der Waals surface area contributed by atoms with Gasteiger partial charge in [0.2, 0.25) is 5.91 Å². The number of benzene rings is 1.